The van der Waals surface area contributed by atoms with E-state index in [1.807, 2.05) is 60.7 Å². The van der Waals surface area contributed by atoms with Crippen molar-refractivity contribution < 1.29 is 9.47 Å². The number of benzene rings is 4. The van der Waals surface area contributed by atoms with Crippen molar-refractivity contribution in [1.29, 1.82) is 5.26 Å². The fraction of sp³-hybridized carbons (Fsp3) is 0.0800. The van der Waals surface area contributed by atoms with Crippen LogP contribution in [-0.4, -0.2) is 19.2 Å². The predicted octanol–water partition coefficient (Wildman–Crippen LogP) is 6.03. The molecule has 0 radical (unpaired) electrons. The smallest absolute Gasteiger partial charge is 0.119 e. The summed E-state index contributed by atoms with van der Waals surface area (Å²) in [6.45, 7) is 0. The third kappa shape index (κ3) is 2.52. The van der Waals surface area contributed by atoms with Gasteiger partial charge in [0, 0.05) is 27.2 Å². The molecule has 0 aliphatic heterocycles. The molecule has 1 heterocycles. The third-order valence-electron chi connectivity index (χ3n) is 5.46. The van der Waals surface area contributed by atoms with Crippen LogP contribution in [0.2, 0.25) is 0 Å². The highest BCUT2D eigenvalue weighted by Gasteiger charge is 2.19. The molecule has 0 unspecified atom stereocenters. The van der Waals surface area contributed by atoms with Crippen molar-refractivity contribution >= 4 is 32.6 Å². The lowest BCUT2D eigenvalue weighted by Crippen LogP contribution is -1.91. The van der Waals surface area contributed by atoms with Crippen molar-refractivity contribution in [3.8, 4) is 28.7 Å². The van der Waals surface area contributed by atoms with Crippen molar-refractivity contribution in [2.75, 3.05) is 14.2 Å². The van der Waals surface area contributed by atoms with Crippen LogP contribution in [0, 0.1) is 11.3 Å². The summed E-state index contributed by atoms with van der Waals surface area (Å²) in [5.41, 5.74) is 4.73. The van der Waals surface area contributed by atoms with Crippen molar-refractivity contribution in [2.45, 2.75) is 0 Å². The number of nitrogens with one attached hydrogen (secondary N) is 1. The normalized spacial score (nSPS) is 11.1. The molecule has 4 nitrogen and oxygen atoms in total. The minimum atomic E-state index is 0.673. The third-order valence-corrected chi connectivity index (χ3v) is 5.46. The van der Waals surface area contributed by atoms with Crippen LogP contribution < -0.4 is 9.47 Å². The number of aromatic nitrogens is 1. The van der Waals surface area contributed by atoms with E-state index in [9.17, 15) is 5.26 Å². The van der Waals surface area contributed by atoms with E-state index in [1.54, 1.807) is 14.2 Å². The van der Waals surface area contributed by atoms with Gasteiger partial charge in [-0.2, -0.15) is 5.26 Å². The fourth-order valence-corrected chi connectivity index (χ4v) is 4.11. The number of para-hydroxylation sites is 1. The second kappa shape index (κ2) is 6.57. The maximum absolute atomic E-state index is 10.1. The Morgan fingerprint density at radius 3 is 2.24 bits per heavy atom. The minimum Gasteiger partial charge on any atom is -0.497 e. The van der Waals surface area contributed by atoms with Crippen molar-refractivity contribution in [1.82, 2.24) is 4.98 Å². The van der Waals surface area contributed by atoms with Gasteiger partial charge in [0.15, 0.2) is 0 Å². The van der Waals surface area contributed by atoms with E-state index < -0.39 is 0 Å². The molecule has 0 fully saturated rings. The van der Waals surface area contributed by atoms with Crippen molar-refractivity contribution in [2.24, 2.45) is 0 Å². The summed E-state index contributed by atoms with van der Waals surface area (Å²) in [5.74, 6) is 1.56. The van der Waals surface area contributed by atoms with E-state index in [-0.39, 0.29) is 0 Å². The first-order chi connectivity index (χ1) is 14.2. The number of methoxy groups -OCH3 is 2. The number of ether oxygens (including phenoxy) is 2. The molecular weight excluding hydrogens is 360 g/mol. The molecule has 29 heavy (non-hydrogen) atoms. The molecule has 0 atom stereocenters. The average molecular weight is 378 g/mol. The maximum Gasteiger partial charge on any atom is 0.119 e. The highest BCUT2D eigenvalue weighted by molar-refractivity contribution is 6.23. The standard InChI is InChI=1S/C25H18N2O2/c1-28-16-9-7-15(8-10-16)23-20-13-17(29-2)11-12-18(20)21(14-26)24-19-5-3-4-6-22(19)27-25(23)24/h3-13,27H,1-2H3. The lowest BCUT2D eigenvalue weighted by molar-refractivity contribution is 0.415. The lowest BCUT2D eigenvalue weighted by Gasteiger charge is -2.13. The number of nitriles is 1. The van der Waals surface area contributed by atoms with Crippen LogP contribution in [-0.2, 0) is 0 Å². The Labute approximate surface area is 167 Å². The van der Waals surface area contributed by atoms with Gasteiger partial charge in [-0.15, -0.1) is 0 Å². The summed E-state index contributed by atoms with van der Waals surface area (Å²) < 4.78 is 10.8. The SMILES string of the molecule is COc1ccc(-c2c3cc(OC)ccc3c(C#N)c3c2[nH]c2ccccc23)cc1. The molecule has 140 valence electrons. The first-order valence-electron chi connectivity index (χ1n) is 9.34. The van der Waals surface area contributed by atoms with Crippen molar-refractivity contribution in [3.05, 3.63) is 72.3 Å². The molecule has 5 aromatic rings. The number of hydrogen-bond donors (Lipinski definition) is 1. The second-order valence-corrected chi connectivity index (χ2v) is 6.92. The van der Waals surface area contributed by atoms with Gasteiger partial charge in [0.2, 0.25) is 0 Å². The summed E-state index contributed by atoms with van der Waals surface area (Å²) in [5, 5.41) is 13.9. The largest absolute Gasteiger partial charge is 0.497 e. The zero-order valence-electron chi connectivity index (χ0n) is 16.1. The topological polar surface area (TPSA) is 58.0 Å². The number of fused-ring (bicyclic) bond motifs is 4. The van der Waals surface area contributed by atoms with Crippen molar-refractivity contribution in [3.63, 3.8) is 0 Å². The first-order valence-corrected chi connectivity index (χ1v) is 9.34. The van der Waals surface area contributed by atoms with Gasteiger partial charge >= 0.3 is 0 Å². The predicted molar refractivity (Wildman–Crippen MR) is 117 cm³/mol. The molecule has 0 aliphatic rings. The summed E-state index contributed by atoms with van der Waals surface area (Å²) >= 11 is 0. The van der Waals surface area contributed by atoms with E-state index in [0.717, 1.165) is 55.2 Å². The summed E-state index contributed by atoms with van der Waals surface area (Å²) in [6, 6.07) is 24.4. The Morgan fingerprint density at radius 1 is 0.793 bits per heavy atom. The highest BCUT2D eigenvalue weighted by atomic mass is 16.5. The van der Waals surface area contributed by atoms with Crippen LogP contribution in [0.25, 0.3) is 43.7 Å². The molecule has 4 aromatic carbocycles. The number of hydrogen-bond acceptors (Lipinski definition) is 3. The summed E-state index contributed by atoms with van der Waals surface area (Å²) in [7, 11) is 3.31. The average Bonchev–Trinajstić information content (AvgIpc) is 3.16. The van der Waals surface area contributed by atoms with Gasteiger partial charge in [-0.05, 0) is 47.3 Å². The van der Waals surface area contributed by atoms with Gasteiger partial charge in [0.05, 0.1) is 25.3 Å². The molecule has 0 saturated heterocycles. The molecule has 0 aliphatic carbocycles. The van der Waals surface area contributed by atoms with E-state index in [1.165, 1.54) is 0 Å². The molecule has 5 rings (SSSR count). The van der Waals surface area contributed by atoms with Crippen LogP contribution in [0.4, 0.5) is 0 Å². The quantitative estimate of drug-likeness (QED) is 0.417. The van der Waals surface area contributed by atoms with E-state index in [4.69, 9.17) is 9.47 Å². The Balaban J connectivity index is 2.02. The monoisotopic (exact) mass is 378 g/mol. The van der Waals surface area contributed by atoms with Gasteiger partial charge in [-0.3, -0.25) is 0 Å². The number of H-pyrrole nitrogens is 1. The van der Waals surface area contributed by atoms with E-state index >= 15 is 0 Å². The van der Waals surface area contributed by atoms with Crippen LogP contribution >= 0.6 is 0 Å². The number of nitrogens with zero attached hydrogens (tertiary/aromatic N) is 1. The van der Waals surface area contributed by atoms with Gasteiger partial charge < -0.3 is 14.5 Å². The molecule has 0 spiro atoms. The minimum absolute atomic E-state index is 0.673. The van der Waals surface area contributed by atoms with Gasteiger partial charge in [0.25, 0.3) is 0 Å². The second-order valence-electron chi connectivity index (χ2n) is 6.92. The Morgan fingerprint density at radius 2 is 1.52 bits per heavy atom. The molecule has 4 heteroatoms. The zero-order valence-corrected chi connectivity index (χ0v) is 16.1. The molecule has 0 amide bonds. The maximum atomic E-state index is 10.1. The van der Waals surface area contributed by atoms with Crippen LogP contribution in [0.5, 0.6) is 11.5 Å². The number of aromatic amines is 1. The van der Waals surface area contributed by atoms with Crippen LogP contribution in [0.15, 0.2) is 66.7 Å². The lowest BCUT2D eigenvalue weighted by atomic mass is 9.91. The first kappa shape index (κ1) is 17.2. The van der Waals surface area contributed by atoms with Crippen LogP contribution in [0.1, 0.15) is 5.56 Å². The van der Waals surface area contributed by atoms with Gasteiger partial charge in [-0.1, -0.05) is 30.3 Å². The molecule has 0 saturated carbocycles. The Hall–Kier alpha value is -3.97. The molecule has 1 N–H and O–H groups in total. The molecular formula is C25H18N2O2. The highest BCUT2D eigenvalue weighted by Crippen LogP contribution is 2.43. The van der Waals surface area contributed by atoms with Gasteiger partial charge in [-0.25, -0.2) is 0 Å². The van der Waals surface area contributed by atoms with E-state index in [0.29, 0.717) is 5.56 Å². The fourth-order valence-electron chi connectivity index (χ4n) is 4.11. The number of rotatable bonds is 3. The summed E-state index contributed by atoms with van der Waals surface area (Å²) in [6.07, 6.45) is 0. The Kier molecular flexibility index (Phi) is 3.89. The molecule has 0 bridgehead atoms. The Bertz CT molecular complexity index is 1420. The summed E-state index contributed by atoms with van der Waals surface area (Å²) in [4.78, 5) is 3.55. The molecule has 1 aromatic heterocycles. The van der Waals surface area contributed by atoms with E-state index in [2.05, 4.69) is 17.1 Å². The van der Waals surface area contributed by atoms with Crippen LogP contribution in [0.3, 0.4) is 0 Å². The van der Waals surface area contributed by atoms with Gasteiger partial charge in [0.1, 0.15) is 17.6 Å². The zero-order chi connectivity index (χ0) is 20.0.